The lowest BCUT2D eigenvalue weighted by molar-refractivity contribution is -0.360. The average molecular weight is 364 g/mol. The van der Waals surface area contributed by atoms with Gasteiger partial charge in [0.15, 0.2) is 6.29 Å². The number of aliphatic hydroxyl groups excluding tert-OH is 1. The topological polar surface area (TPSA) is 77.4 Å². The van der Waals surface area contributed by atoms with Crippen molar-refractivity contribution in [1.82, 2.24) is 0 Å². The molecular weight excluding hydrogens is 331 g/mol. The number of hydrogen-bond acceptors (Lipinski definition) is 6. The maximum Gasteiger partial charge on any atom is 0.285 e. The van der Waals surface area contributed by atoms with Crippen molar-refractivity contribution in [3.63, 3.8) is 0 Å². The molecule has 0 amide bonds. The predicted octanol–water partition coefficient (Wildman–Crippen LogP) is 3.30. The summed E-state index contributed by atoms with van der Waals surface area (Å²) in [5.74, 6) is -1.90. The molecule has 142 valence electrons. The van der Waals surface area contributed by atoms with Crippen LogP contribution in [0.4, 0.5) is 0 Å². The molecular formula is C17H33O6P. The molecule has 0 saturated heterocycles. The molecule has 3 atom stereocenters. The van der Waals surface area contributed by atoms with Crippen molar-refractivity contribution in [3.8, 4) is 0 Å². The molecule has 0 bridgehead atoms. The van der Waals surface area contributed by atoms with Gasteiger partial charge in [0.25, 0.3) is 5.97 Å². The standard InChI is InChI=1S/C17H33O6P/c1-7-10-17(19,23-24-16(5,6)21-12-9-3)22-15(18)14(4)13-20-11-8-2/h8,15,18-19,24H,2,4,7,9-13H2,1,3,5-6H3. The van der Waals surface area contributed by atoms with Crippen molar-refractivity contribution in [2.75, 3.05) is 19.8 Å². The summed E-state index contributed by atoms with van der Waals surface area (Å²) in [6.07, 6.45) is 1.92. The minimum absolute atomic E-state index is 0.1000. The zero-order valence-electron chi connectivity index (χ0n) is 15.3. The van der Waals surface area contributed by atoms with Gasteiger partial charge in [-0.25, -0.2) is 0 Å². The second-order valence-electron chi connectivity index (χ2n) is 5.96. The maximum absolute atomic E-state index is 10.5. The molecule has 0 aliphatic rings. The fourth-order valence-electron chi connectivity index (χ4n) is 1.64. The summed E-state index contributed by atoms with van der Waals surface area (Å²) in [6.45, 7) is 15.9. The Bertz CT molecular complexity index is 374. The fourth-order valence-corrected chi connectivity index (χ4v) is 2.36. The van der Waals surface area contributed by atoms with E-state index in [2.05, 4.69) is 13.2 Å². The van der Waals surface area contributed by atoms with Gasteiger partial charge in [-0.1, -0.05) is 26.5 Å². The van der Waals surface area contributed by atoms with E-state index < -0.39 is 17.6 Å². The summed E-state index contributed by atoms with van der Waals surface area (Å²) in [5, 5.41) is 20.0. The van der Waals surface area contributed by atoms with Gasteiger partial charge in [-0.05, 0) is 26.7 Å². The zero-order valence-corrected chi connectivity index (χ0v) is 16.3. The SMILES string of the molecule is C=CCOCC(=C)C(O)OC(O)(CCC)OPC(C)(C)OCCC. The molecule has 3 unspecified atom stereocenters. The Morgan fingerprint density at radius 2 is 1.96 bits per heavy atom. The molecule has 0 fully saturated rings. The van der Waals surface area contributed by atoms with Crippen LogP contribution in [-0.4, -0.2) is 47.6 Å². The second kappa shape index (κ2) is 12.1. The highest BCUT2D eigenvalue weighted by molar-refractivity contribution is 7.34. The highest BCUT2D eigenvalue weighted by atomic mass is 31.1. The van der Waals surface area contributed by atoms with Crippen LogP contribution in [0.3, 0.4) is 0 Å². The Morgan fingerprint density at radius 3 is 2.50 bits per heavy atom. The van der Waals surface area contributed by atoms with Crippen LogP contribution in [0, 0.1) is 0 Å². The summed E-state index contributed by atoms with van der Waals surface area (Å²) in [6, 6.07) is 0. The molecule has 2 N–H and O–H groups in total. The van der Waals surface area contributed by atoms with Crippen LogP contribution in [-0.2, 0) is 18.7 Å². The highest BCUT2D eigenvalue weighted by Crippen LogP contribution is 2.39. The molecule has 0 aliphatic heterocycles. The van der Waals surface area contributed by atoms with E-state index in [1.165, 1.54) is 0 Å². The van der Waals surface area contributed by atoms with Crippen molar-refractivity contribution >= 4 is 8.81 Å². The van der Waals surface area contributed by atoms with E-state index in [1.807, 2.05) is 27.7 Å². The van der Waals surface area contributed by atoms with Gasteiger partial charge in [0, 0.05) is 18.6 Å². The van der Waals surface area contributed by atoms with Crippen LogP contribution in [0.2, 0.25) is 0 Å². The third kappa shape index (κ3) is 10.5. The van der Waals surface area contributed by atoms with Crippen molar-refractivity contribution in [2.45, 2.75) is 64.6 Å². The van der Waals surface area contributed by atoms with Gasteiger partial charge in [-0.3, -0.25) is 4.74 Å². The van der Waals surface area contributed by atoms with Crippen LogP contribution in [0.15, 0.2) is 24.8 Å². The van der Waals surface area contributed by atoms with Crippen LogP contribution < -0.4 is 0 Å². The molecule has 0 aromatic rings. The van der Waals surface area contributed by atoms with E-state index in [1.54, 1.807) is 6.08 Å². The minimum Gasteiger partial charge on any atom is -0.373 e. The van der Waals surface area contributed by atoms with Crippen molar-refractivity contribution in [1.29, 1.82) is 0 Å². The lowest BCUT2D eigenvalue weighted by atomic mass is 10.3. The van der Waals surface area contributed by atoms with E-state index in [0.717, 1.165) is 6.42 Å². The molecule has 0 aliphatic carbocycles. The average Bonchev–Trinajstić information content (AvgIpc) is 2.51. The van der Waals surface area contributed by atoms with E-state index >= 15 is 0 Å². The van der Waals surface area contributed by atoms with Crippen LogP contribution in [0.1, 0.15) is 47.0 Å². The number of aliphatic hydroxyl groups is 2. The quantitative estimate of drug-likeness (QED) is 0.201. The van der Waals surface area contributed by atoms with E-state index in [4.69, 9.17) is 18.7 Å². The molecule has 0 radical (unpaired) electrons. The monoisotopic (exact) mass is 364 g/mol. The fraction of sp³-hybridized carbons (Fsp3) is 0.765. The molecule has 0 saturated carbocycles. The maximum atomic E-state index is 10.5. The third-order valence-corrected chi connectivity index (χ3v) is 3.91. The van der Waals surface area contributed by atoms with E-state index in [0.29, 0.717) is 25.2 Å². The summed E-state index contributed by atoms with van der Waals surface area (Å²) >= 11 is 0. The molecule has 0 spiro atoms. The molecule has 0 aromatic heterocycles. The van der Waals surface area contributed by atoms with Gasteiger partial charge in [0.1, 0.15) is 5.34 Å². The lowest BCUT2D eigenvalue weighted by Crippen LogP contribution is -2.39. The predicted molar refractivity (Wildman–Crippen MR) is 96.8 cm³/mol. The van der Waals surface area contributed by atoms with Crippen molar-refractivity contribution < 1.29 is 28.9 Å². The Hall–Kier alpha value is -0.330. The van der Waals surface area contributed by atoms with Gasteiger partial charge in [0.05, 0.1) is 22.0 Å². The lowest BCUT2D eigenvalue weighted by Gasteiger charge is -2.34. The first-order chi connectivity index (χ1) is 11.2. The first kappa shape index (κ1) is 23.7. The molecule has 6 nitrogen and oxygen atoms in total. The van der Waals surface area contributed by atoms with E-state index in [9.17, 15) is 10.2 Å². The smallest absolute Gasteiger partial charge is 0.285 e. The van der Waals surface area contributed by atoms with Crippen LogP contribution in [0.25, 0.3) is 0 Å². The largest absolute Gasteiger partial charge is 0.373 e. The molecule has 24 heavy (non-hydrogen) atoms. The van der Waals surface area contributed by atoms with Gasteiger partial charge < -0.3 is 24.2 Å². The van der Waals surface area contributed by atoms with Gasteiger partial charge in [-0.15, -0.1) is 6.58 Å². The van der Waals surface area contributed by atoms with Crippen molar-refractivity contribution in [2.24, 2.45) is 0 Å². The Labute approximate surface area is 147 Å². The summed E-state index contributed by atoms with van der Waals surface area (Å²) in [4.78, 5) is 0. The molecule has 0 rings (SSSR count). The normalized spacial score (nSPS) is 16.2. The Balaban J connectivity index is 4.61. The van der Waals surface area contributed by atoms with Crippen LogP contribution in [0.5, 0.6) is 0 Å². The first-order valence-corrected chi connectivity index (χ1v) is 9.14. The Kier molecular flexibility index (Phi) is 11.9. The molecule has 7 heteroatoms. The summed E-state index contributed by atoms with van der Waals surface area (Å²) in [7, 11) is -0.158. The first-order valence-electron chi connectivity index (χ1n) is 8.23. The molecule has 0 aromatic carbocycles. The third-order valence-electron chi connectivity index (χ3n) is 2.86. The van der Waals surface area contributed by atoms with Gasteiger partial charge in [-0.2, -0.15) is 0 Å². The zero-order chi connectivity index (χ0) is 18.6. The van der Waals surface area contributed by atoms with Gasteiger partial charge >= 0.3 is 0 Å². The van der Waals surface area contributed by atoms with Gasteiger partial charge in [0.2, 0.25) is 0 Å². The molecule has 0 heterocycles. The summed E-state index contributed by atoms with van der Waals surface area (Å²) < 4.78 is 21.7. The summed E-state index contributed by atoms with van der Waals surface area (Å²) in [5.41, 5.74) is 0.291. The Morgan fingerprint density at radius 1 is 1.29 bits per heavy atom. The van der Waals surface area contributed by atoms with E-state index in [-0.39, 0.29) is 21.8 Å². The number of hydrogen-bond donors (Lipinski definition) is 2. The second-order valence-corrected chi connectivity index (χ2v) is 7.57. The number of rotatable bonds is 15. The highest BCUT2D eigenvalue weighted by Gasteiger charge is 2.35. The minimum atomic E-state index is -1.90. The van der Waals surface area contributed by atoms with Crippen molar-refractivity contribution in [3.05, 3.63) is 24.8 Å². The number of ether oxygens (including phenoxy) is 3. The van der Waals surface area contributed by atoms with Crippen LogP contribution >= 0.6 is 8.81 Å².